The molecule has 3 aliphatic rings. The van der Waals surface area contributed by atoms with Crippen LogP contribution in [0.1, 0.15) is 68.6 Å². The van der Waals surface area contributed by atoms with Gasteiger partial charge in [0, 0.05) is 24.6 Å². The van der Waals surface area contributed by atoms with Gasteiger partial charge in [0.25, 0.3) is 5.91 Å². The van der Waals surface area contributed by atoms with Crippen molar-refractivity contribution in [2.75, 3.05) is 19.6 Å². The Morgan fingerprint density at radius 3 is 2.78 bits per heavy atom. The molecule has 0 bridgehead atoms. The second-order valence-electron chi connectivity index (χ2n) is 10.8. The highest BCUT2D eigenvalue weighted by Crippen LogP contribution is 2.40. The van der Waals surface area contributed by atoms with Gasteiger partial charge in [-0.2, -0.15) is 0 Å². The molecule has 5 rings (SSSR count). The number of nitrogens with zero attached hydrogens (tertiary/aromatic N) is 1. The molecular formula is C28H36N2O6. The van der Waals surface area contributed by atoms with Crippen LogP contribution in [0.5, 0.6) is 5.75 Å². The molecule has 2 aliphatic carbocycles. The van der Waals surface area contributed by atoms with E-state index in [-0.39, 0.29) is 29.9 Å². The molecule has 0 radical (unpaired) electrons. The monoisotopic (exact) mass is 496 g/mol. The fraction of sp³-hybridized carbons (Fsp3) is 0.607. The van der Waals surface area contributed by atoms with Crippen molar-refractivity contribution in [3.05, 3.63) is 39.2 Å². The number of rotatable bonds is 5. The largest absolute Gasteiger partial charge is 0.480 e. The van der Waals surface area contributed by atoms with Crippen molar-refractivity contribution in [3.63, 3.8) is 0 Å². The van der Waals surface area contributed by atoms with Crippen molar-refractivity contribution >= 4 is 22.8 Å². The van der Waals surface area contributed by atoms with E-state index in [1.165, 1.54) is 0 Å². The van der Waals surface area contributed by atoms with Crippen molar-refractivity contribution in [3.8, 4) is 5.75 Å². The number of ether oxygens (including phenoxy) is 1. The Morgan fingerprint density at radius 1 is 1.19 bits per heavy atom. The standard InChI is InChI=1S/C28H36N2O6/c1-17-13-22(25-20-8-3-4-9-21(20)27(33)36-23(25)14-17)35-18(2)26(32)29-15-24(31)30-12-11-28(34)10-6-5-7-19(28)16-30/h13-14,18-19,34H,3-12,15-16H2,1-2H3,(H,29,32). The number of hydrogen-bond donors (Lipinski definition) is 2. The van der Waals surface area contributed by atoms with Crippen molar-refractivity contribution in [1.82, 2.24) is 10.2 Å². The Labute approximate surface area is 211 Å². The van der Waals surface area contributed by atoms with Gasteiger partial charge in [-0.3, -0.25) is 9.59 Å². The average Bonchev–Trinajstić information content (AvgIpc) is 2.86. The van der Waals surface area contributed by atoms with E-state index in [1.54, 1.807) is 11.8 Å². The van der Waals surface area contributed by atoms with Crippen LogP contribution in [0.25, 0.3) is 11.0 Å². The first-order chi connectivity index (χ1) is 17.2. The molecule has 2 heterocycles. The normalized spacial score (nSPS) is 24.5. The highest BCUT2D eigenvalue weighted by molar-refractivity contribution is 5.90. The van der Waals surface area contributed by atoms with E-state index in [0.29, 0.717) is 42.8 Å². The van der Waals surface area contributed by atoms with Crippen molar-refractivity contribution in [1.29, 1.82) is 0 Å². The van der Waals surface area contributed by atoms with Crippen LogP contribution in [0, 0.1) is 12.8 Å². The van der Waals surface area contributed by atoms with Crippen LogP contribution < -0.4 is 15.7 Å². The maximum atomic E-state index is 12.9. The molecule has 2 amide bonds. The van der Waals surface area contributed by atoms with Crippen LogP contribution >= 0.6 is 0 Å². The highest BCUT2D eigenvalue weighted by atomic mass is 16.5. The molecule has 3 atom stereocenters. The molecule has 194 valence electrons. The SMILES string of the molecule is Cc1cc(OC(C)C(=O)NCC(=O)N2CCC3(O)CCCCC3C2)c2c3c(c(=O)oc2c1)CCCC3. The van der Waals surface area contributed by atoms with Crippen LogP contribution in [0.15, 0.2) is 21.3 Å². The molecule has 2 N–H and O–H groups in total. The third kappa shape index (κ3) is 4.75. The Kier molecular flexibility index (Phi) is 6.81. The van der Waals surface area contributed by atoms with Crippen molar-refractivity contribution in [2.24, 2.45) is 5.92 Å². The summed E-state index contributed by atoms with van der Waals surface area (Å²) >= 11 is 0. The topological polar surface area (TPSA) is 109 Å². The van der Waals surface area contributed by atoms with Crippen LogP contribution in [-0.4, -0.2) is 53.2 Å². The lowest BCUT2D eigenvalue weighted by Crippen LogP contribution is -2.56. The first kappa shape index (κ1) is 24.8. The molecule has 8 nitrogen and oxygen atoms in total. The minimum Gasteiger partial charge on any atom is -0.480 e. The summed E-state index contributed by atoms with van der Waals surface area (Å²) in [5.41, 5.74) is 2.07. The zero-order chi connectivity index (χ0) is 25.4. The number of hydrogen-bond acceptors (Lipinski definition) is 6. The Hall–Kier alpha value is -2.87. The smallest absolute Gasteiger partial charge is 0.339 e. The fourth-order valence-electron chi connectivity index (χ4n) is 6.22. The van der Waals surface area contributed by atoms with Gasteiger partial charge in [-0.1, -0.05) is 12.8 Å². The Morgan fingerprint density at radius 2 is 1.97 bits per heavy atom. The molecule has 1 aliphatic heterocycles. The van der Waals surface area contributed by atoms with Gasteiger partial charge in [0.05, 0.1) is 17.5 Å². The van der Waals surface area contributed by atoms with Gasteiger partial charge < -0.3 is 24.5 Å². The lowest BCUT2D eigenvalue weighted by Gasteiger charge is -2.47. The quantitative estimate of drug-likeness (QED) is 0.616. The molecule has 2 fully saturated rings. The molecule has 1 aromatic heterocycles. The number of aliphatic hydroxyl groups is 1. The van der Waals surface area contributed by atoms with E-state index in [9.17, 15) is 19.5 Å². The Balaban J connectivity index is 1.25. The van der Waals surface area contributed by atoms with E-state index in [1.807, 2.05) is 19.1 Å². The molecule has 36 heavy (non-hydrogen) atoms. The Bertz CT molecular complexity index is 1240. The zero-order valence-corrected chi connectivity index (χ0v) is 21.2. The summed E-state index contributed by atoms with van der Waals surface area (Å²) in [5, 5.41) is 14.3. The highest BCUT2D eigenvalue weighted by Gasteiger charge is 2.43. The zero-order valence-electron chi connectivity index (χ0n) is 21.2. The van der Waals surface area contributed by atoms with E-state index in [0.717, 1.165) is 61.5 Å². The fourth-order valence-corrected chi connectivity index (χ4v) is 6.22. The van der Waals surface area contributed by atoms with E-state index >= 15 is 0 Å². The number of carbonyl (C=O) groups excluding carboxylic acids is 2. The molecule has 3 unspecified atom stereocenters. The second kappa shape index (κ2) is 9.88. The number of likely N-dealkylation sites (tertiary alicyclic amines) is 1. The molecule has 8 heteroatoms. The first-order valence-corrected chi connectivity index (χ1v) is 13.3. The molecule has 2 aromatic rings. The summed E-state index contributed by atoms with van der Waals surface area (Å²) in [6.45, 7) is 4.50. The number of nitrogens with one attached hydrogen (secondary N) is 1. The van der Waals surface area contributed by atoms with Crippen LogP contribution in [-0.2, 0) is 22.4 Å². The van der Waals surface area contributed by atoms with Crippen LogP contribution in [0.3, 0.4) is 0 Å². The maximum Gasteiger partial charge on any atom is 0.339 e. The maximum absolute atomic E-state index is 12.9. The number of piperidine rings is 1. The average molecular weight is 497 g/mol. The second-order valence-corrected chi connectivity index (χ2v) is 10.8. The molecule has 1 aromatic carbocycles. The van der Waals surface area contributed by atoms with Crippen molar-refractivity contribution in [2.45, 2.75) is 83.3 Å². The third-order valence-electron chi connectivity index (χ3n) is 8.30. The molecular weight excluding hydrogens is 460 g/mol. The number of amides is 2. The number of fused-ring (bicyclic) bond motifs is 4. The van der Waals surface area contributed by atoms with Gasteiger partial charge in [-0.05, 0) is 82.1 Å². The molecule has 0 spiro atoms. The predicted octanol–water partition coefficient (Wildman–Crippen LogP) is 3.02. The van der Waals surface area contributed by atoms with Crippen LogP contribution in [0.2, 0.25) is 0 Å². The number of benzene rings is 1. The van der Waals surface area contributed by atoms with E-state index in [4.69, 9.17) is 9.15 Å². The lowest BCUT2D eigenvalue weighted by atomic mass is 9.71. The van der Waals surface area contributed by atoms with E-state index in [2.05, 4.69) is 5.32 Å². The van der Waals surface area contributed by atoms with Gasteiger partial charge in [0.2, 0.25) is 5.91 Å². The minimum absolute atomic E-state index is 0.101. The van der Waals surface area contributed by atoms with Gasteiger partial charge >= 0.3 is 5.63 Å². The van der Waals surface area contributed by atoms with Gasteiger partial charge in [0.1, 0.15) is 11.3 Å². The molecule has 1 saturated heterocycles. The van der Waals surface area contributed by atoms with Gasteiger partial charge in [-0.15, -0.1) is 0 Å². The summed E-state index contributed by atoms with van der Waals surface area (Å²) in [6.07, 6.45) is 7.04. The van der Waals surface area contributed by atoms with Crippen LogP contribution in [0.4, 0.5) is 0 Å². The summed E-state index contributed by atoms with van der Waals surface area (Å²) in [7, 11) is 0. The summed E-state index contributed by atoms with van der Waals surface area (Å²) in [4.78, 5) is 39.9. The van der Waals surface area contributed by atoms with Gasteiger partial charge in [0.15, 0.2) is 6.10 Å². The third-order valence-corrected chi connectivity index (χ3v) is 8.30. The lowest BCUT2D eigenvalue weighted by molar-refractivity contribution is -0.144. The van der Waals surface area contributed by atoms with Gasteiger partial charge in [-0.25, -0.2) is 4.79 Å². The minimum atomic E-state index is -0.834. The number of aryl methyl sites for hydroxylation is 2. The van der Waals surface area contributed by atoms with Crippen molar-refractivity contribution < 1.29 is 23.8 Å². The van der Waals surface area contributed by atoms with E-state index < -0.39 is 11.7 Å². The predicted molar refractivity (Wildman–Crippen MR) is 135 cm³/mol. The summed E-state index contributed by atoms with van der Waals surface area (Å²) in [5.74, 6) is 0.117. The number of carbonyl (C=O) groups is 2. The summed E-state index contributed by atoms with van der Waals surface area (Å²) in [6, 6.07) is 3.69. The first-order valence-electron chi connectivity index (χ1n) is 13.3. The molecule has 1 saturated carbocycles. The summed E-state index contributed by atoms with van der Waals surface area (Å²) < 4.78 is 11.7.